The number of phenols is 1. The van der Waals surface area contributed by atoms with Gasteiger partial charge in [0.2, 0.25) is 0 Å². The number of aromatic hydroxyl groups is 1. The fourth-order valence-corrected chi connectivity index (χ4v) is 3.18. The van der Waals surface area contributed by atoms with Crippen LogP contribution in [0.4, 0.5) is 26.3 Å². The summed E-state index contributed by atoms with van der Waals surface area (Å²) in [6.07, 6.45) is -6.97. The quantitative estimate of drug-likeness (QED) is 0.426. The van der Waals surface area contributed by atoms with Crippen LogP contribution in [0.2, 0.25) is 0 Å². The Morgan fingerprint density at radius 2 is 1.73 bits per heavy atom. The second-order valence-corrected chi connectivity index (χ2v) is 7.86. The van der Waals surface area contributed by atoms with Gasteiger partial charge < -0.3 is 9.84 Å². The highest BCUT2D eigenvalue weighted by Gasteiger charge is 2.36. The van der Waals surface area contributed by atoms with Crippen LogP contribution in [-0.2, 0) is 19.4 Å². The van der Waals surface area contributed by atoms with Crippen LogP contribution in [0.1, 0.15) is 31.5 Å². The van der Waals surface area contributed by atoms with Gasteiger partial charge in [0, 0.05) is 30.6 Å². The van der Waals surface area contributed by atoms with E-state index in [4.69, 9.17) is 4.74 Å². The number of benzene rings is 1. The molecule has 3 rings (SSSR count). The summed E-state index contributed by atoms with van der Waals surface area (Å²) in [7, 11) is 1.10. The highest BCUT2D eigenvalue weighted by Crippen LogP contribution is 2.45. The summed E-state index contributed by atoms with van der Waals surface area (Å²) in [6, 6.07) is 4.24. The molecule has 33 heavy (non-hydrogen) atoms. The Balaban J connectivity index is 2.17. The molecular weight excluding hydrogens is 452 g/mol. The average molecular weight is 473 g/mol. The smallest absolute Gasteiger partial charge is 0.433 e. The fraction of sp³-hybridized carbons (Fsp3) is 0.364. The third-order valence-electron chi connectivity index (χ3n) is 4.89. The third-order valence-corrected chi connectivity index (χ3v) is 4.89. The first kappa shape index (κ1) is 24.4. The minimum Gasteiger partial charge on any atom is -0.506 e. The molecule has 0 fully saturated rings. The normalized spacial score (nSPS) is 12.4. The molecular formula is C22H21F6N3O2. The number of hydrogen-bond donors (Lipinski definition) is 1. The Labute approximate surface area is 185 Å². The van der Waals surface area contributed by atoms with Crippen molar-refractivity contribution in [2.45, 2.75) is 32.6 Å². The standard InChI is InChI=1S/C22H21F6N3O2/c1-12(2)6-7-33-17-5-4-15(16-9-18(22(26,27)28)31(3)30-16)20(32)19(17)13-8-14(11-29-10-13)21(23,24)25/h4-5,8-12,32H,6-7H2,1-3H3. The predicted octanol–water partition coefficient (Wildman–Crippen LogP) is 6.32. The van der Waals surface area contributed by atoms with Crippen molar-refractivity contribution in [3.8, 4) is 33.9 Å². The molecule has 2 heterocycles. The second-order valence-electron chi connectivity index (χ2n) is 7.86. The van der Waals surface area contributed by atoms with E-state index in [2.05, 4.69) is 10.1 Å². The number of hydrogen-bond acceptors (Lipinski definition) is 4. The third kappa shape index (κ3) is 5.40. The number of pyridine rings is 1. The van der Waals surface area contributed by atoms with E-state index >= 15 is 0 Å². The molecule has 178 valence electrons. The monoisotopic (exact) mass is 473 g/mol. The lowest BCUT2D eigenvalue weighted by molar-refractivity contribution is -0.143. The Kier molecular flexibility index (Phi) is 6.62. The summed E-state index contributed by atoms with van der Waals surface area (Å²) in [5.74, 6) is -0.208. The van der Waals surface area contributed by atoms with Gasteiger partial charge in [0.1, 0.15) is 17.2 Å². The van der Waals surface area contributed by atoms with Crippen molar-refractivity contribution in [2.75, 3.05) is 6.61 Å². The van der Waals surface area contributed by atoms with E-state index in [0.717, 1.165) is 25.4 Å². The molecule has 1 aromatic carbocycles. The minimum absolute atomic E-state index is 0.0741. The van der Waals surface area contributed by atoms with Gasteiger partial charge in [-0.2, -0.15) is 31.4 Å². The average Bonchev–Trinajstić information content (AvgIpc) is 3.09. The maximum absolute atomic E-state index is 13.2. The number of aromatic nitrogens is 3. The lowest BCUT2D eigenvalue weighted by Gasteiger charge is -2.17. The molecule has 0 aliphatic rings. The zero-order valence-electron chi connectivity index (χ0n) is 17.9. The molecule has 0 saturated heterocycles. The van der Waals surface area contributed by atoms with Crippen LogP contribution in [0.15, 0.2) is 36.7 Å². The molecule has 0 aliphatic carbocycles. The van der Waals surface area contributed by atoms with E-state index in [1.165, 1.54) is 12.1 Å². The van der Waals surface area contributed by atoms with Gasteiger partial charge in [-0.25, -0.2) is 0 Å². The molecule has 0 bridgehead atoms. The number of ether oxygens (including phenoxy) is 1. The molecule has 0 atom stereocenters. The zero-order valence-corrected chi connectivity index (χ0v) is 17.9. The minimum atomic E-state index is -4.68. The summed E-state index contributed by atoms with van der Waals surface area (Å²) in [5, 5.41) is 14.8. The molecule has 0 saturated carbocycles. The van der Waals surface area contributed by atoms with E-state index < -0.39 is 29.4 Å². The van der Waals surface area contributed by atoms with Crippen molar-refractivity contribution in [1.29, 1.82) is 0 Å². The first-order valence-corrected chi connectivity index (χ1v) is 9.92. The SMILES string of the molecule is CC(C)CCOc1ccc(-c2cc(C(F)(F)F)n(C)n2)c(O)c1-c1cncc(C(F)(F)F)c1. The fourth-order valence-electron chi connectivity index (χ4n) is 3.18. The van der Waals surface area contributed by atoms with Crippen LogP contribution in [0.5, 0.6) is 11.5 Å². The maximum atomic E-state index is 13.2. The van der Waals surface area contributed by atoms with Crippen molar-refractivity contribution in [3.05, 3.63) is 47.9 Å². The van der Waals surface area contributed by atoms with E-state index in [9.17, 15) is 31.4 Å². The van der Waals surface area contributed by atoms with E-state index in [1.807, 2.05) is 13.8 Å². The van der Waals surface area contributed by atoms with E-state index in [-0.39, 0.29) is 40.7 Å². The molecule has 2 aromatic heterocycles. The first-order valence-electron chi connectivity index (χ1n) is 9.92. The van der Waals surface area contributed by atoms with Crippen molar-refractivity contribution in [2.24, 2.45) is 13.0 Å². The number of rotatable bonds is 6. The van der Waals surface area contributed by atoms with E-state index in [0.29, 0.717) is 17.3 Å². The number of alkyl halides is 6. The summed E-state index contributed by atoms with van der Waals surface area (Å²) in [5.41, 5.74) is -2.60. The molecule has 3 aromatic rings. The van der Waals surface area contributed by atoms with Gasteiger partial charge >= 0.3 is 12.4 Å². The molecule has 1 N–H and O–H groups in total. The number of aryl methyl sites for hydroxylation is 1. The Morgan fingerprint density at radius 3 is 2.30 bits per heavy atom. The van der Waals surface area contributed by atoms with Crippen molar-refractivity contribution in [3.63, 3.8) is 0 Å². The van der Waals surface area contributed by atoms with Crippen LogP contribution in [-0.4, -0.2) is 26.5 Å². The van der Waals surface area contributed by atoms with E-state index in [1.54, 1.807) is 0 Å². The van der Waals surface area contributed by atoms with Crippen LogP contribution < -0.4 is 4.74 Å². The lowest BCUT2D eigenvalue weighted by atomic mass is 9.98. The van der Waals surface area contributed by atoms with Gasteiger partial charge in [0.25, 0.3) is 0 Å². The Bertz CT molecular complexity index is 1140. The van der Waals surface area contributed by atoms with Crippen LogP contribution in [0.25, 0.3) is 22.4 Å². The van der Waals surface area contributed by atoms with Crippen molar-refractivity contribution < 1.29 is 36.2 Å². The van der Waals surface area contributed by atoms with Crippen LogP contribution >= 0.6 is 0 Å². The molecule has 5 nitrogen and oxygen atoms in total. The Hall–Kier alpha value is -3.24. The zero-order chi connectivity index (χ0) is 24.6. The van der Waals surface area contributed by atoms with Crippen LogP contribution in [0, 0.1) is 5.92 Å². The lowest BCUT2D eigenvalue weighted by Crippen LogP contribution is -2.11. The Morgan fingerprint density at radius 1 is 1.03 bits per heavy atom. The molecule has 0 aliphatic heterocycles. The van der Waals surface area contributed by atoms with Gasteiger partial charge in [0.05, 0.1) is 23.4 Å². The van der Waals surface area contributed by atoms with Gasteiger partial charge in [-0.05, 0) is 36.6 Å². The van der Waals surface area contributed by atoms with Gasteiger partial charge in [-0.3, -0.25) is 9.67 Å². The molecule has 0 unspecified atom stereocenters. The predicted molar refractivity (Wildman–Crippen MR) is 108 cm³/mol. The molecule has 11 heteroatoms. The second kappa shape index (κ2) is 8.95. The maximum Gasteiger partial charge on any atom is 0.433 e. The molecule has 0 radical (unpaired) electrons. The number of nitrogens with zero attached hydrogens (tertiary/aromatic N) is 3. The first-order chi connectivity index (χ1) is 15.3. The summed E-state index contributed by atoms with van der Waals surface area (Å²) >= 11 is 0. The number of halogens is 6. The highest BCUT2D eigenvalue weighted by molar-refractivity contribution is 5.85. The van der Waals surface area contributed by atoms with Crippen molar-refractivity contribution >= 4 is 0 Å². The summed E-state index contributed by atoms with van der Waals surface area (Å²) in [4.78, 5) is 3.62. The van der Waals surface area contributed by atoms with Gasteiger partial charge in [-0.15, -0.1) is 0 Å². The topological polar surface area (TPSA) is 60.2 Å². The highest BCUT2D eigenvalue weighted by atomic mass is 19.4. The molecule has 0 spiro atoms. The largest absolute Gasteiger partial charge is 0.506 e. The van der Waals surface area contributed by atoms with Crippen molar-refractivity contribution in [1.82, 2.24) is 14.8 Å². The number of phenolic OH excluding ortho intramolecular Hbond substituents is 1. The van der Waals surface area contributed by atoms with Gasteiger partial charge in [0.15, 0.2) is 0 Å². The van der Waals surface area contributed by atoms with Crippen LogP contribution in [0.3, 0.4) is 0 Å². The summed E-state index contributed by atoms with van der Waals surface area (Å²) < 4.78 is 85.6. The molecule has 0 amide bonds. The summed E-state index contributed by atoms with van der Waals surface area (Å²) in [6.45, 7) is 4.14. The van der Waals surface area contributed by atoms with Gasteiger partial charge in [-0.1, -0.05) is 13.8 Å².